The van der Waals surface area contributed by atoms with Crippen LogP contribution in [0.15, 0.2) is 109 Å². The maximum absolute atomic E-state index is 11.5. The van der Waals surface area contributed by atoms with Gasteiger partial charge in [0.25, 0.3) is 5.09 Å². The summed E-state index contributed by atoms with van der Waals surface area (Å²) in [5.41, 5.74) is 22.6. The maximum atomic E-state index is 11.5. The van der Waals surface area contributed by atoms with Crippen molar-refractivity contribution in [3.05, 3.63) is 163 Å². The SMILES string of the molecule is CC.CC.CC.CC.CC.CC.CC.CC(=O)c1cn[nH]c1I.CC(=O)c1cn[nH]c1I.CCc1nc2ccc(-c3[nH]ncc3-c3ccnc(NC)n3)cc2[nH]1.CCc1nc2ccc(C)cc2[nH]1.CN(C)/C=C/C(=O)c1cn[nH]c1I.CN=C(N)N.CNc1nccc(-c2cn[nH]c2I)n1.O=[N+]([O-])O. The van der Waals surface area contributed by atoms with Crippen LogP contribution in [0.5, 0.6) is 0 Å². The topological polar surface area (TPSA) is 459 Å². The zero-order chi connectivity index (χ0) is 80.5. The van der Waals surface area contributed by atoms with Gasteiger partial charge in [-0.2, -0.15) is 25.5 Å². The summed E-state index contributed by atoms with van der Waals surface area (Å²) in [6, 6.07) is 16.1. The second kappa shape index (κ2) is 61.6. The molecule has 572 valence electrons. The highest BCUT2D eigenvalue weighted by Crippen LogP contribution is 2.31. The highest BCUT2D eigenvalue weighted by atomic mass is 127. The molecule has 0 unspecified atom stereocenters. The predicted octanol–water partition coefficient (Wildman–Crippen LogP) is 16.4. The molecule has 0 aliphatic heterocycles. The molecule has 9 heterocycles. The van der Waals surface area contributed by atoms with Crippen LogP contribution in [0.3, 0.4) is 0 Å². The summed E-state index contributed by atoms with van der Waals surface area (Å²) >= 11 is 8.29. The number of ketones is 3. The van der Waals surface area contributed by atoms with Gasteiger partial charge < -0.3 is 42.2 Å². The first-order valence-corrected chi connectivity index (χ1v) is 37.7. The minimum absolute atomic E-state index is 0.0353. The summed E-state index contributed by atoms with van der Waals surface area (Å²) in [6.45, 7) is 37.3. The van der Waals surface area contributed by atoms with Gasteiger partial charge in [0, 0.05) is 83.9 Å². The highest BCUT2D eigenvalue weighted by molar-refractivity contribution is 14.1. The molecule has 11 aromatic rings. The molecule has 0 aliphatic rings. The lowest BCUT2D eigenvalue weighted by atomic mass is 10.1. The minimum Gasteiger partial charge on any atom is -0.383 e. The van der Waals surface area contributed by atoms with Crippen LogP contribution in [-0.4, -0.2) is 165 Å². The van der Waals surface area contributed by atoms with Crippen LogP contribution in [0, 0.1) is 31.8 Å². The van der Waals surface area contributed by atoms with Crippen LogP contribution in [-0.2, 0) is 12.8 Å². The molecule has 0 saturated heterocycles. The Morgan fingerprint density at radius 1 is 0.577 bits per heavy atom. The van der Waals surface area contributed by atoms with E-state index in [1.165, 1.54) is 51.1 Å². The van der Waals surface area contributed by atoms with Gasteiger partial charge in [-0.15, -0.1) is 10.1 Å². The van der Waals surface area contributed by atoms with Crippen LogP contribution >= 0.6 is 90.4 Å². The number of guanidine groups is 1. The Bertz CT molecular complexity index is 4080. The largest absolute Gasteiger partial charge is 0.383 e. The molecule has 9 aromatic heterocycles. The average molecular weight is 1890 g/mol. The number of nitrogens with two attached hydrogens (primary N) is 2. The summed E-state index contributed by atoms with van der Waals surface area (Å²) in [5, 5.41) is 52.8. The number of allylic oxidation sites excluding steroid dienone is 1. The number of anilines is 2. The monoisotopic (exact) mass is 1890 g/mol. The molecule has 0 bridgehead atoms. The van der Waals surface area contributed by atoms with E-state index in [4.69, 9.17) is 26.8 Å². The predicted molar refractivity (Wildman–Crippen MR) is 457 cm³/mol. The van der Waals surface area contributed by atoms with Crippen molar-refractivity contribution in [3.63, 3.8) is 0 Å². The first-order chi connectivity index (χ1) is 49.9. The van der Waals surface area contributed by atoms with Gasteiger partial charge in [0.1, 0.15) is 26.5 Å². The van der Waals surface area contributed by atoms with Crippen molar-refractivity contribution in [3.8, 4) is 33.8 Å². The number of H-pyrrole nitrogens is 7. The van der Waals surface area contributed by atoms with Crippen molar-refractivity contribution in [2.75, 3.05) is 45.9 Å². The van der Waals surface area contributed by atoms with E-state index >= 15 is 0 Å². The van der Waals surface area contributed by atoms with E-state index in [9.17, 15) is 14.4 Å². The smallest absolute Gasteiger partial charge is 0.291 e. The lowest BCUT2D eigenvalue weighted by Crippen LogP contribution is -2.21. The number of halogens is 4. The molecule has 104 heavy (non-hydrogen) atoms. The van der Waals surface area contributed by atoms with Gasteiger partial charge in [-0.25, -0.2) is 29.9 Å². The molecule has 0 fully saturated rings. The van der Waals surface area contributed by atoms with Crippen molar-refractivity contribution in [2.24, 2.45) is 16.5 Å². The number of rotatable bonds is 12. The second-order valence-corrected chi connectivity index (χ2v) is 22.4. The normalized spacial score (nSPS) is 9.12. The van der Waals surface area contributed by atoms with E-state index in [-0.39, 0.29) is 23.3 Å². The molecule has 0 aliphatic carbocycles. The molecule has 0 saturated carbocycles. The van der Waals surface area contributed by atoms with E-state index in [1.54, 1.807) is 45.1 Å². The molecule has 14 N–H and O–H groups in total. The summed E-state index contributed by atoms with van der Waals surface area (Å²) in [7, 11) is 8.86. The van der Waals surface area contributed by atoms with Gasteiger partial charge in [0.2, 0.25) is 11.9 Å². The van der Waals surface area contributed by atoms with Crippen LogP contribution in [0.1, 0.15) is 173 Å². The number of imidazole rings is 2. The van der Waals surface area contributed by atoms with Crippen LogP contribution in [0.2, 0.25) is 0 Å². The Balaban J connectivity index is -0.000000558. The summed E-state index contributed by atoms with van der Waals surface area (Å²) in [4.78, 5) is 78.9. The average Bonchev–Trinajstić information content (AvgIpc) is 1.60. The first-order valence-electron chi connectivity index (χ1n) is 33.4. The third-order valence-corrected chi connectivity index (χ3v) is 14.6. The molecule has 0 atom stereocenters. The molecule has 35 heteroatoms. The number of aryl methyl sites for hydroxylation is 3. The van der Waals surface area contributed by atoms with Gasteiger partial charge in [-0.3, -0.25) is 44.9 Å². The fraction of sp³-hybridized carbons (Fsp3) is 0.377. The van der Waals surface area contributed by atoms with Gasteiger partial charge in [-0.1, -0.05) is 123 Å². The van der Waals surface area contributed by atoms with E-state index in [0.717, 1.165) is 95.1 Å². The number of aliphatic imine (C=N–C) groups is 1. The molecule has 31 nitrogen and oxygen atoms in total. The van der Waals surface area contributed by atoms with Gasteiger partial charge in [0.05, 0.1) is 92.4 Å². The molecular weight excluding hydrogens is 1780 g/mol. The standard InChI is InChI=1S/C17H17N7.C10H12N2.C8H8IN5.C8H10IN3O.2C5H5IN2O.C2H7N3.7C2H6.HNO3/c1-3-15-21-13-5-4-10(8-14(13)22-15)16-11(9-20-24-16)12-6-7-19-17(18-2)23-12;1-3-10-11-8-5-4-7(2)6-9(8)12-10;1-10-8-11-3-2-6(13-8)5-4-12-14-7(5)9;1-12(2)4-3-7(13)6-5-10-11-8(6)9;2*1-3(9)4-2-7-8-5(4)6;1-5-2(3)4;7*1-2;2-1(3)4/h4-9H,3H2,1-2H3,(H,20,24)(H,21,22)(H,18,19,23);4-6H,3H2,1-2H3,(H,11,12);2-4H,1H3,(H,12,14)(H,10,11,13);3-5H,1-2H3,(H,10,11);2*2H,1H3,(H,7,8);1H3,(H4,3,4,5);7*1-2H3;(H,2,3,4)/b;;;4-3+;;;;;;;;;;;. The fourth-order valence-electron chi connectivity index (χ4n) is 6.92. The van der Waals surface area contributed by atoms with Crippen LogP contribution in [0.25, 0.3) is 55.8 Å². The van der Waals surface area contributed by atoms with Gasteiger partial charge in [-0.05, 0) is 153 Å². The zero-order valence-corrected chi connectivity index (χ0v) is 72.8. The van der Waals surface area contributed by atoms with Crippen molar-refractivity contribution in [1.29, 1.82) is 0 Å². The number of Topliss-reactive ketones (excluding diaryl/α,β-unsaturated/α-hetero) is 2. The van der Waals surface area contributed by atoms with E-state index in [0.29, 0.717) is 28.6 Å². The molecule has 2 aromatic carbocycles. The number of carbonyl (C=O) groups is 3. The van der Waals surface area contributed by atoms with E-state index in [1.807, 2.05) is 208 Å². The van der Waals surface area contributed by atoms with E-state index in [2.05, 4.69) is 174 Å². The molecule has 0 amide bonds. The summed E-state index contributed by atoms with van der Waals surface area (Å²) in [5.74, 6) is 3.44. The van der Waals surface area contributed by atoms with Crippen molar-refractivity contribution < 1.29 is 24.7 Å². The number of aromatic nitrogens is 18. The van der Waals surface area contributed by atoms with Crippen molar-refractivity contribution in [2.45, 2.75) is 144 Å². The second-order valence-electron chi connectivity index (χ2n) is 18.0. The summed E-state index contributed by atoms with van der Waals surface area (Å²) < 4.78 is 3.36. The van der Waals surface area contributed by atoms with Crippen LogP contribution in [0.4, 0.5) is 11.9 Å². The zero-order valence-electron chi connectivity index (χ0n) is 64.1. The number of benzene rings is 2. The Morgan fingerprint density at radius 2 is 0.942 bits per heavy atom. The third-order valence-electron chi connectivity index (χ3n) is 11.3. The Morgan fingerprint density at radius 3 is 1.29 bits per heavy atom. The number of fused-ring (bicyclic) bond motifs is 2. The molecule has 11 rings (SSSR count). The lowest BCUT2D eigenvalue weighted by molar-refractivity contribution is -0.742. The highest BCUT2D eigenvalue weighted by Gasteiger charge is 2.14. The fourth-order valence-corrected chi connectivity index (χ4v) is 9.33. The Kier molecular flexibility index (Phi) is 60.1. The molecule has 0 radical (unpaired) electrons. The van der Waals surface area contributed by atoms with Crippen molar-refractivity contribution >= 4 is 148 Å². The Hall–Kier alpha value is -8.87. The number of hydrogen-bond donors (Lipinski definition) is 12. The summed E-state index contributed by atoms with van der Waals surface area (Å²) in [6.07, 6.45) is 16.7. The third kappa shape index (κ3) is 39.1. The first kappa shape index (κ1) is 101. The number of carbonyl (C=O) groups excluding carboxylic acids is 3. The van der Waals surface area contributed by atoms with Gasteiger partial charge in [0.15, 0.2) is 23.3 Å². The van der Waals surface area contributed by atoms with Gasteiger partial charge >= 0.3 is 0 Å². The number of nitrogens with one attached hydrogen (secondary N) is 9. The number of nitrogens with zero attached hydrogens (tertiary/aromatic N) is 14. The van der Waals surface area contributed by atoms with Crippen molar-refractivity contribution in [1.82, 2.24) is 95.8 Å². The maximum Gasteiger partial charge on any atom is 0.291 e. The molecular formula is C69H107I4N25O6. The minimum atomic E-state index is -1.50. The number of hydrogen-bond acceptors (Lipinski definition) is 20. The van der Waals surface area contributed by atoms with E-state index < -0.39 is 5.09 Å². The lowest BCUT2D eigenvalue weighted by Gasteiger charge is -2.05. The quantitative estimate of drug-likeness (QED) is 0.0103. The number of aromatic amines is 7. The molecule has 0 spiro atoms. The Labute approximate surface area is 665 Å². The van der Waals surface area contributed by atoms with Crippen LogP contribution < -0.4 is 22.1 Å².